The Morgan fingerprint density at radius 2 is 1.74 bits per heavy atom. The second-order valence-electron chi connectivity index (χ2n) is 9.53. The summed E-state index contributed by atoms with van der Waals surface area (Å²) in [5.74, 6) is 0.0402. The van der Waals surface area contributed by atoms with E-state index < -0.39 is 0 Å². The van der Waals surface area contributed by atoms with Gasteiger partial charge in [-0.05, 0) is 70.7 Å². The fourth-order valence-electron chi connectivity index (χ4n) is 4.89. The zero-order valence-corrected chi connectivity index (χ0v) is 21.3. The van der Waals surface area contributed by atoms with Crippen LogP contribution >= 0.6 is 11.3 Å². The van der Waals surface area contributed by atoms with Gasteiger partial charge in [-0.3, -0.25) is 4.79 Å². The zero-order valence-electron chi connectivity index (χ0n) is 20.5. The number of anilines is 2. The smallest absolute Gasteiger partial charge is 0.229 e. The molecule has 176 valence electrons. The second kappa shape index (κ2) is 8.87. The van der Waals surface area contributed by atoms with E-state index >= 15 is 0 Å². The minimum absolute atomic E-state index is 0.0597. The maximum atomic E-state index is 13.2. The molecule has 0 bridgehead atoms. The summed E-state index contributed by atoms with van der Waals surface area (Å²) in [5, 5.41) is 8.92. The molecule has 2 aromatic carbocycles. The fraction of sp³-hybridized carbons (Fsp3) is 0.370. The number of aromatic nitrogens is 3. The third-order valence-electron chi connectivity index (χ3n) is 6.64. The molecule has 0 spiro atoms. The van der Waals surface area contributed by atoms with E-state index in [1.165, 1.54) is 11.1 Å². The van der Waals surface area contributed by atoms with E-state index in [9.17, 15) is 4.79 Å². The number of hydrogen-bond donors (Lipinski definition) is 1. The molecule has 0 saturated carbocycles. The Kier molecular flexibility index (Phi) is 5.90. The number of amides is 1. The summed E-state index contributed by atoms with van der Waals surface area (Å²) < 4.78 is 3.04. The van der Waals surface area contributed by atoms with Gasteiger partial charge in [0.15, 0.2) is 10.8 Å². The molecule has 1 N–H and O–H groups in total. The van der Waals surface area contributed by atoms with Crippen LogP contribution in [-0.2, 0) is 4.79 Å². The van der Waals surface area contributed by atoms with E-state index in [4.69, 9.17) is 10.1 Å². The zero-order chi connectivity index (χ0) is 24.0. The van der Waals surface area contributed by atoms with Crippen molar-refractivity contribution in [1.82, 2.24) is 14.8 Å². The molecule has 1 atom stereocenters. The predicted molar refractivity (Wildman–Crippen MR) is 140 cm³/mol. The van der Waals surface area contributed by atoms with E-state index in [1.54, 1.807) is 11.3 Å². The van der Waals surface area contributed by atoms with Crippen LogP contribution in [-0.4, -0.2) is 33.8 Å². The summed E-state index contributed by atoms with van der Waals surface area (Å²) in [7, 11) is 0. The molecule has 7 heteroatoms. The van der Waals surface area contributed by atoms with Gasteiger partial charge in [-0.2, -0.15) is 10.1 Å². The highest BCUT2D eigenvalue weighted by Crippen LogP contribution is 2.35. The summed E-state index contributed by atoms with van der Waals surface area (Å²) in [6.07, 6.45) is 1.87. The molecule has 1 fully saturated rings. The van der Waals surface area contributed by atoms with Crippen LogP contribution in [0.3, 0.4) is 0 Å². The van der Waals surface area contributed by atoms with Gasteiger partial charge < -0.3 is 10.2 Å². The summed E-state index contributed by atoms with van der Waals surface area (Å²) in [6.45, 7) is 11.9. The Morgan fingerprint density at radius 3 is 2.44 bits per heavy atom. The van der Waals surface area contributed by atoms with Crippen LogP contribution in [0.15, 0.2) is 36.4 Å². The minimum atomic E-state index is -0.0597. The average molecular weight is 474 g/mol. The number of nitrogens with zero attached hydrogens (tertiary/aromatic N) is 4. The summed E-state index contributed by atoms with van der Waals surface area (Å²) >= 11 is 1.67. The first kappa shape index (κ1) is 22.6. The van der Waals surface area contributed by atoms with Gasteiger partial charge >= 0.3 is 0 Å². The van der Waals surface area contributed by atoms with Crippen LogP contribution in [0.4, 0.5) is 10.8 Å². The topological polar surface area (TPSA) is 63.1 Å². The van der Waals surface area contributed by atoms with Gasteiger partial charge in [0.2, 0.25) is 5.91 Å². The Hall–Kier alpha value is -3.19. The van der Waals surface area contributed by atoms with Crippen LogP contribution in [0.5, 0.6) is 0 Å². The summed E-state index contributed by atoms with van der Waals surface area (Å²) in [4.78, 5) is 20.5. The Labute approximate surface area is 204 Å². The monoisotopic (exact) mass is 473 g/mol. The summed E-state index contributed by atoms with van der Waals surface area (Å²) in [6, 6.07) is 12.6. The van der Waals surface area contributed by atoms with Crippen molar-refractivity contribution in [3.05, 3.63) is 64.3 Å². The molecule has 6 nitrogen and oxygen atoms in total. The van der Waals surface area contributed by atoms with Gasteiger partial charge in [0.1, 0.15) is 0 Å². The Balaban J connectivity index is 1.37. The second-order valence-corrected chi connectivity index (χ2v) is 10.5. The third-order valence-corrected chi connectivity index (χ3v) is 7.86. The number of carbonyl (C=O) groups excluding carboxylic acids is 1. The molecule has 3 heterocycles. The van der Waals surface area contributed by atoms with E-state index in [0.717, 1.165) is 63.1 Å². The van der Waals surface area contributed by atoms with Crippen LogP contribution in [0.1, 0.15) is 40.8 Å². The van der Waals surface area contributed by atoms with Crippen LogP contribution in [0.2, 0.25) is 0 Å². The Bertz CT molecular complexity index is 1340. The van der Waals surface area contributed by atoms with Gasteiger partial charge in [0.25, 0.3) is 0 Å². The lowest BCUT2D eigenvalue weighted by molar-refractivity contribution is -0.120. The SMILES string of the molecule is Cc1ccc(-n2nc(C)c3sc(N4CCCC(C(=O)Nc5c(C)cc(C)cc5C)C4)nc32)cc1. The van der Waals surface area contributed by atoms with Gasteiger partial charge in [-0.15, -0.1) is 0 Å². The standard InChI is InChI=1S/C27H31N5OS/c1-16-8-10-22(11-9-16)32-25-24(20(5)30-32)34-27(29-25)31-12-6-7-21(15-31)26(33)28-23-18(3)13-17(2)14-19(23)4/h8-11,13-14,21H,6-7,12,15H2,1-5H3,(H,28,33). The number of nitrogens with one attached hydrogen (secondary N) is 1. The highest BCUT2D eigenvalue weighted by molar-refractivity contribution is 7.22. The molecule has 5 rings (SSSR count). The number of benzene rings is 2. The molecule has 34 heavy (non-hydrogen) atoms. The summed E-state index contributed by atoms with van der Waals surface area (Å²) in [5.41, 5.74) is 8.49. The van der Waals surface area contributed by atoms with Crippen molar-refractivity contribution in [2.24, 2.45) is 5.92 Å². The largest absolute Gasteiger partial charge is 0.347 e. The molecule has 2 aromatic heterocycles. The maximum Gasteiger partial charge on any atom is 0.229 e. The molecule has 1 unspecified atom stereocenters. The van der Waals surface area contributed by atoms with Crippen LogP contribution in [0.25, 0.3) is 16.0 Å². The molecule has 1 aliphatic heterocycles. The molecular weight excluding hydrogens is 442 g/mol. The van der Waals surface area contributed by atoms with Gasteiger partial charge in [0.05, 0.1) is 22.0 Å². The molecular formula is C27H31N5OS. The molecule has 4 aromatic rings. The van der Waals surface area contributed by atoms with Gasteiger partial charge in [-0.25, -0.2) is 4.68 Å². The normalized spacial score (nSPS) is 16.3. The van der Waals surface area contributed by atoms with E-state index in [2.05, 4.69) is 74.3 Å². The van der Waals surface area contributed by atoms with Crippen molar-refractivity contribution in [2.45, 2.75) is 47.5 Å². The quantitative estimate of drug-likeness (QED) is 0.402. The van der Waals surface area contributed by atoms with Crippen LogP contribution < -0.4 is 10.2 Å². The number of hydrogen-bond acceptors (Lipinski definition) is 5. The van der Waals surface area contributed by atoms with Crippen molar-refractivity contribution in [1.29, 1.82) is 0 Å². The molecule has 1 amide bonds. The van der Waals surface area contributed by atoms with Gasteiger partial charge in [0, 0.05) is 18.8 Å². The van der Waals surface area contributed by atoms with E-state index in [-0.39, 0.29) is 11.8 Å². The highest BCUT2D eigenvalue weighted by atomic mass is 32.1. The first-order valence-electron chi connectivity index (χ1n) is 11.9. The first-order chi connectivity index (χ1) is 16.3. The molecule has 0 aliphatic carbocycles. The predicted octanol–water partition coefficient (Wildman–Crippen LogP) is 5.88. The lowest BCUT2D eigenvalue weighted by Crippen LogP contribution is -2.40. The molecule has 1 saturated heterocycles. The number of aryl methyl sites for hydroxylation is 5. The number of carbonyl (C=O) groups is 1. The first-order valence-corrected chi connectivity index (χ1v) is 12.7. The maximum absolute atomic E-state index is 13.2. The number of fused-ring (bicyclic) bond motifs is 1. The van der Waals surface area contributed by atoms with Crippen molar-refractivity contribution >= 4 is 38.4 Å². The van der Waals surface area contributed by atoms with Crippen LogP contribution in [0, 0.1) is 40.5 Å². The van der Waals surface area contributed by atoms with Crippen molar-refractivity contribution in [3.63, 3.8) is 0 Å². The fourth-order valence-corrected chi connectivity index (χ4v) is 5.91. The lowest BCUT2D eigenvalue weighted by Gasteiger charge is -2.32. The minimum Gasteiger partial charge on any atom is -0.347 e. The van der Waals surface area contributed by atoms with Crippen molar-refractivity contribution in [3.8, 4) is 5.69 Å². The molecule has 0 radical (unpaired) electrons. The van der Waals surface area contributed by atoms with Gasteiger partial charge in [-0.1, -0.05) is 46.7 Å². The highest BCUT2D eigenvalue weighted by Gasteiger charge is 2.29. The van der Waals surface area contributed by atoms with E-state index in [1.807, 2.05) is 11.6 Å². The number of thiazole rings is 1. The van der Waals surface area contributed by atoms with E-state index in [0.29, 0.717) is 6.54 Å². The third kappa shape index (κ3) is 4.20. The average Bonchev–Trinajstić information content (AvgIpc) is 3.37. The Morgan fingerprint density at radius 1 is 1.03 bits per heavy atom. The lowest BCUT2D eigenvalue weighted by atomic mass is 9.96. The van der Waals surface area contributed by atoms with Crippen molar-refractivity contribution in [2.75, 3.05) is 23.3 Å². The molecule has 1 aliphatic rings. The number of rotatable bonds is 4. The number of piperidine rings is 1. The van der Waals surface area contributed by atoms with Crippen molar-refractivity contribution < 1.29 is 4.79 Å².